The van der Waals surface area contributed by atoms with Crippen molar-refractivity contribution < 1.29 is 13.6 Å². The molecule has 1 saturated heterocycles. The lowest BCUT2D eigenvalue weighted by Crippen LogP contribution is -2.48. The van der Waals surface area contributed by atoms with Crippen molar-refractivity contribution in [3.63, 3.8) is 0 Å². The number of primary amides is 1. The van der Waals surface area contributed by atoms with Gasteiger partial charge in [0.25, 0.3) is 5.91 Å². The zero-order valence-corrected chi connectivity index (χ0v) is 14.0. The number of halogens is 2. The van der Waals surface area contributed by atoms with Gasteiger partial charge in [-0.3, -0.25) is 4.79 Å². The van der Waals surface area contributed by atoms with Crippen LogP contribution in [0.1, 0.15) is 22.3 Å². The molecule has 1 amide bonds. The van der Waals surface area contributed by atoms with Gasteiger partial charge in [-0.25, -0.2) is 13.5 Å². The van der Waals surface area contributed by atoms with E-state index in [1.807, 2.05) is 6.07 Å². The van der Waals surface area contributed by atoms with Gasteiger partial charge in [0.1, 0.15) is 11.7 Å². The predicted molar refractivity (Wildman–Crippen MR) is 94.8 cm³/mol. The van der Waals surface area contributed by atoms with Crippen molar-refractivity contribution >= 4 is 16.8 Å². The Hall–Kier alpha value is -2.80. The molecule has 3 aromatic rings. The van der Waals surface area contributed by atoms with Gasteiger partial charge < -0.3 is 11.1 Å². The lowest BCUT2D eigenvalue weighted by molar-refractivity contribution is 0.0214. The van der Waals surface area contributed by atoms with E-state index in [0.29, 0.717) is 28.9 Å². The molecule has 2 heterocycles. The largest absolute Gasteiger partial charge is 0.366 e. The first-order valence-corrected chi connectivity index (χ1v) is 8.42. The van der Waals surface area contributed by atoms with Crippen LogP contribution in [0.5, 0.6) is 0 Å². The highest BCUT2D eigenvalue weighted by Crippen LogP contribution is 2.35. The minimum Gasteiger partial charge on any atom is -0.366 e. The molecule has 1 aromatic heterocycles. The average molecular weight is 356 g/mol. The van der Waals surface area contributed by atoms with E-state index in [1.165, 1.54) is 0 Å². The second kappa shape index (κ2) is 6.17. The summed E-state index contributed by atoms with van der Waals surface area (Å²) in [6, 6.07) is 11.7. The number of rotatable bonds is 3. The number of carbonyl (C=O) groups is 1. The third-order valence-corrected chi connectivity index (χ3v) is 4.87. The molecule has 0 saturated carbocycles. The van der Waals surface area contributed by atoms with Crippen LogP contribution in [-0.2, 0) is 5.67 Å². The lowest BCUT2D eigenvalue weighted by Gasteiger charge is -2.33. The minimum absolute atomic E-state index is 0.0405. The highest BCUT2D eigenvalue weighted by molar-refractivity contribution is 6.04. The van der Waals surface area contributed by atoms with Crippen LogP contribution in [0.4, 0.5) is 8.78 Å². The van der Waals surface area contributed by atoms with Crippen molar-refractivity contribution in [3.05, 3.63) is 59.8 Å². The monoisotopic (exact) mass is 356 g/mol. The maximum Gasteiger partial charge on any atom is 0.250 e. The molecule has 5 nitrogen and oxygen atoms in total. The number of fused-ring (bicyclic) bond motifs is 1. The second-order valence-corrected chi connectivity index (χ2v) is 6.52. The Balaban J connectivity index is 1.70. The van der Waals surface area contributed by atoms with Gasteiger partial charge in [-0.2, -0.15) is 5.10 Å². The number of nitrogens with one attached hydrogen (secondary N) is 1. The van der Waals surface area contributed by atoms with Gasteiger partial charge in [0.2, 0.25) is 0 Å². The molecule has 2 aromatic carbocycles. The standard InChI is InChI=1S/C19H18F2N4O/c20-16-8-9-23-11-19(16,21)13-4-6-14(7-5-13)25-10-12-2-1-3-15(18(22)26)17(12)24-25/h1-7,10,16,23H,8-9,11H2,(H2,22,26)/t16-,19+/m1/s1. The van der Waals surface area contributed by atoms with E-state index in [2.05, 4.69) is 10.4 Å². The normalized spacial score (nSPS) is 23.2. The first-order chi connectivity index (χ1) is 12.5. The second-order valence-electron chi connectivity index (χ2n) is 6.52. The molecule has 3 N–H and O–H groups in total. The van der Waals surface area contributed by atoms with Crippen LogP contribution in [0.15, 0.2) is 48.7 Å². The first kappa shape index (κ1) is 16.7. The number of benzene rings is 2. The number of nitrogens with two attached hydrogens (primary N) is 1. The first-order valence-electron chi connectivity index (χ1n) is 8.42. The van der Waals surface area contributed by atoms with Crippen molar-refractivity contribution in [1.29, 1.82) is 0 Å². The maximum absolute atomic E-state index is 15.0. The van der Waals surface area contributed by atoms with Crippen LogP contribution in [0.3, 0.4) is 0 Å². The van der Waals surface area contributed by atoms with Gasteiger partial charge in [-0.05, 0) is 36.7 Å². The molecule has 1 aliphatic heterocycles. The fraction of sp³-hybridized carbons (Fsp3) is 0.263. The Morgan fingerprint density at radius 3 is 2.73 bits per heavy atom. The fourth-order valence-corrected chi connectivity index (χ4v) is 3.39. The van der Waals surface area contributed by atoms with Gasteiger partial charge in [0.05, 0.1) is 11.3 Å². The summed E-state index contributed by atoms with van der Waals surface area (Å²) in [4.78, 5) is 11.5. The maximum atomic E-state index is 15.0. The number of alkyl halides is 2. The summed E-state index contributed by atoms with van der Waals surface area (Å²) in [5.74, 6) is -0.547. The Bertz CT molecular complexity index is 969. The smallest absolute Gasteiger partial charge is 0.250 e. The van der Waals surface area contributed by atoms with E-state index in [0.717, 1.165) is 5.39 Å². The molecule has 0 radical (unpaired) electrons. The summed E-state index contributed by atoms with van der Waals surface area (Å²) in [6.45, 7) is 0.439. The SMILES string of the molecule is NC(=O)c1cccc2cn(-c3ccc([C@@]4(F)CNCC[C@H]4F)cc3)nc12. The predicted octanol–water partition coefficient (Wildman–Crippen LogP) is 2.62. The molecule has 7 heteroatoms. The quantitative estimate of drug-likeness (QED) is 0.758. The van der Waals surface area contributed by atoms with Crippen LogP contribution in [0.2, 0.25) is 0 Å². The average Bonchev–Trinajstić information content (AvgIpc) is 3.08. The topological polar surface area (TPSA) is 72.9 Å². The molecule has 1 aliphatic rings. The highest BCUT2D eigenvalue weighted by atomic mass is 19.2. The minimum atomic E-state index is -2.02. The van der Waals surface area contributed by atoms with Crippen LogP contribution in [0, 0.1) is 0 Å². The molecule has 2 atom stereocenters. The Labute approximate surface area is 148 Å². The van der Waals surface area contributed by atoms with Crippen LogP contribution in [-0.4, -0.2) is 34.9 Å². The van der Waals surface area contributed by atoms with Crippen molar-refractivity contribution in [3.8, 4) is 5.69 Å². The van der Waals surface area contributed by atoms with Gasteiger partial charge in [0.15, 0.2) is 5.67 Å². The fourth-order valence-electron chi connectivity index (χ4n) is 3.39. The summed E-state index contributed by atoms with van der Waals surface area (Å²) >= 11 is 0. The van der Waals surface area contributed by atoms with Gasteiger partial charge in [-0.15, -0.1) is 0 Å². The number of hydrogen-bond acceptors (Lipinski definition) is 3. The van der Waals surface area contributed by atoms with Gasteiger partial charge >= 0.3 is 0 Å². The molecule has 26 heavy (non-hydrogen) atoms. The Morgan fingerprint density at radius 1 is 1.27 bits per heavy atom. The van der Waals surface area contributed by atoms with E-state index >= 15 is 4.39 Å². The molecule has 134 valence electrons. The van der Waals surface area contributed by atoms with Crippen molar-refractivity contribution in [1.82, 2.24) is 15.1 Å². The number of aromatic nitrogens is 2. The molecule has 4 rings (SSSR count). The number of amides is 1. The van der Waals surface area contributed by atoms with E-state index in [9.17, 15) is 9.18 Å². The van der Waals surface area contributed by atoms with E-state index in [-0.39, 0.29) is 13.0 Å². The van der Waals surface area contributed by atoms with Gasteiger partial charge in [0, 0.05) is 18.1 Å². The van der Waals surface area contributed by atoms with Crippen LogP contribution < -0.4 is 11.1 Å². The Kier molecular flexibility index (Phi) is 3.96. The molecule has 0 unspecified atom stereocenters. The third-order valence-electron chi connectivity index (χ3n) is 4.87. The summed E-state index contributed by atoms with van der Waals surface area (Å²) in [6.07, 6.45) is 0.390. The molecule has 0 bridgehead atoms. The molecule has 1 fully saturated rings. The van der Waals surface area contributed by atoms with Crippen molar-refractivity contribution in [2.45, 2.75) is 18.3 Å². The summed E-state index contributed by atoms with van der Waals surface area (Å²) < 4.78 is 30.8. The molecule has 0 aliphatic carbocycles. The summed E-state index contributed by atoms with van der Waals surface area (Å²) in [7, 11) is 0. The van der Waals surface area contributed by atoms with E-state index in [1.54, 1.807) is 47.3 Å². The zero-order valence-electron chi connectivity index (χ0n) is 14.0. The number of nitrogens with zero attached hydrogens (tertiary/aromatic N) is 2. The van der Waals surface area contributed by atoms with Crippen LogP contribution in [0.25, 0.3) is 16.6 Å². The molecule has 0 spiro atoms. The van der Waals surface area contributed by atoms with Crippen molar-refractivity contribution in [2.24, 2.45) is 5.73 Å². The van der Waals surface area contributed by atoms with Crippen LogP contribution >= 0.6 is 0 Å². The lowest BCUT2D eigenvalue weighted by atomic mass is 9.86. The molecular weight excluding hydrogens is 338 g/mol. The number of hydrogen-bond donors (Lipinski definition) is 2. The number of piperidine rings is 1. The Morgan fingerprint density at radius 2 is 2.04 bits per heavy atom. The molecular formula is C19H18F2N4O. The highest BCUT2D eigenvalue weighted by Gasteiger charge is 2.43. The summed E-state index contributed by atoms with van der Waals surface area (Å²) in [5.41, 5.74) is 5.20. The van der Waals surface area contributed by atoms with Gasteiger partial charge in [-0.1, -0.05) is 24.3 Å². The summed E-state index contributed by atoms with van der Waals surface area (Å²) in [5, 5.41) is 8.09. The van der Waals surface area contributed by atoms with E-state index < -0.39 is 17.7 Å². The van der Waals surface area contributed by atoms with Crippen molar-refractivity contribution in [2.75, 3.05) is 13.1 Å². The third kappa shape index (κ3) is 2.64. The zero-order chi connectivity index (χ0) is 18.3. The van der Waals surface area contributed by atoms with E-state index in [4.69, 9.17) is 5.73 Å². The number of carbonyl (C=O) groups excluding carboxylic acids is 1.